The van der Waals surface area contributed by atoms with Crippen LogP contribution in [0.3, 0.4) is 0 Å². The van der Waals surface area contributed by atoms with Crippen molar-refractivity contribution in [3.63, 3.8) is 0 Å². The number of fused-ring (bicyclic) bond motifs is 4. The summed E-state index contributed by atoms with van der Waals surface area (Å²) in [5.41, 5.74) is 5.21. The van der Waals surface area contributed by atoms with E-state index in [0.717, 1.165) is 40.3 Å². The van der Waals surface area contributed by atoms with Crippen LogP contribution in [0.2, 0.25) is 0 Å². The molecule has 0 aromatic heterocycles. The fourth-order valence-electron chi connectivity index (χ4n) is 4.56. The zero-order valence-corrected chi connectivity index (χ0v) is 19.8. The second-order valence-electron chi connectivity index (χ2n) is 8.75. The molecule has 1 spiro atoms. The highest BCUT2D eigenvalue weighted by atomic mass is 32.2. The lowest BCUT2D eigenvalue weighted by atomic mass is 9.97. The first-order valence-electron chi connectivity index (χ1n) is 11.2. The summed E-state index contributed by atoms with van der Waals surface area (Å²) in [5.74, 6) is 0.612. The first-order valence-corrected chi connectivity index (χ1v) is 12.0. The second kappa shape index (κ2) is 7.95. The maximum atomic E-state index is 13.1. The number of thioether (sulfide) groups is 1. The van der Waals surface area contributed by atoms with Gasteiger partial charge in [0.25, 0.3) is 5.91 Å². The Hall–Kier alpha value is -3.71. The van der Waals surface area contributed by atoms with E-state index in [9.17, 15) is 4.79 Å². The van der Waals surface area contributed by atoms with E-state index in [1.54, 1.807) is 0 Å². The minimum atomic E-state index is -1.12. The standard InChI is InChI=1S/C27H24N4O2S/c1-30(2)20-14-12-18(13-15-20)16-25-26(32)28-27(34-25)31-23(21-10-6-7-11-24(21)33-27)17-22(29-31)19-8-4-3-5-9-19/h3-16,23H,17H2,1-2H3,(H,28,32)/b25-16-/t23-,27+/m0/s1. The molecule has 2 atom stereocenters. The number of hydrazone groups is 1. The molecule has 0 unspecified atom stereocenters. The molecular formula is C27H24N4O2S. The Balaban J connectivity index is 1.38. The van der Waals surface area contributed by atoms with Gasteiger partial charge in [0.1, 0.15) is 5.75 Å². The van der Waals surface area contributed by atoms with E-state index in [4.69, 9.17) is 9.84 Å². The van der Waals surface area contributed by atoms with Gasteiger partial charge in [-0.25, -0.2) is 5.01 Å². The zero-order chi connectivity index (χ0) is 23.3. The zero-order valence-electron chi connectivity index (χ0n) is 18.9. The third-order valence-electron chi connectivity index (χ3n) is 6.30. The van der Waals surface area contributed by atoms with Crippen molar-refractivity contribution in [3.05, 3.63) is 100 Å². The lowest BCUT2D eigenvalue weighted by Gasteiger charge is -2.43. The van der Waals surface area contributed by atoms with E-state index in [1.807, 2.05) is 90.7 Å². The molecule has 3 aliphatic rings. The van der Waals surface area contributed by atoms with Gasteiger partial charge in [0, 0.05) is 31.8 Å². The highest BCUT2D eigenvalue weighted by molar-refractivity contribution is 8.05. The molecule has 0 saturated carbocycles. The fraction of sp³-hybridized carbons (Fsp3) is 0.185. The normalized spacial score (nSPS) is 23.9. The first kappa shape index (κ1) is 20.9. The minimum Gasteiger partial charge on any atom is -0.439 e. The number of para-hydroxylation sites is 1. The minimum absolute atomic E-state index is 0.0216. The third kappa shape index (κ3) is 3.44. The van der Waals surface area contributed by atoms with Crippen LogP contribution >= 0.6 is 11.8 Å². The van der Waals surface area contributed by atoms with Gasteiger partial charge in [0.2, 0.25) is 0 Å². The highest BCUT2D eigenvalue weighted by Gasteiger charge is 2.57. The molecule has 3 aromatic rings. The van der Waals surface area contributed by atoms with Gasteiger partial charge >= 0.3 is 5.18 Å². The van der Waals surface area contributed by atoms with Crippen molar-refractivity contribution in [2.75, 3.05) is 19.0 Å². The number of nitrogens with one attached hydrogen (secondary N) is 1. The summed E-state index contributed by atoms with van der Waals surface area (Å²) >= 11 is 1.37. The maximum Gasteiger partial charge on any atom is 0.336 e. The molecule has 7 heteroatoms. The SMILES string of the molecule is CN(C)c1ccc(/C=C2\S[C@@]3(NC2=O)Oc2ccccc2[C@@H]2CC(c4ccccc4)=NN23)cc1. The van der Waals surface area contributed by atoms with Gasteiger partial charge in [-0.1, -0.05) is 60.7 Å². The number of amides is 1. The van der Waals surface area contributed by atoms with Gasteiger partial charge in [-0.15, -0.1) is 0 Å². The van der Waals surface area contributed by atoms with Crippen molar-refractivity contribution in [1.82, 2.24) is 10.3 Å². The molecule has 1 fully saturated rings. The molecule has 1 saturated heterocycles. The topological polar surface area (TPSA) is 57.2 Å². The van der Waals surface area contributed by atoms with Crippen LogP contribution in [-0.4, -0.2) is 35.9 Å². The van der Waals surface area contributed by atoms with Crippen molar-refractivity contribution in [1.29, 1.82) is 0 Å². The number of nitrogens with zero attached hydrogens (tertiary/aromatic N) is 3. The van der Waals surface area contributed by atoms with Crippen LogP contribution in [0, 0.1) is 0 Å². The van der Waals surface area contributed by atoms with Crippen LogP contribution in [0.25, 0.3) is 6.08 Å². The molecule has 0 bridgehead atoms. The lowest BCUT2D eigenvalue weighted by Crippen LogP contribution is -2.58. The molecule has 3 aliphatic heterocycles. The smallest absolute Gasteiger partial charge is 0.336 e. The van der Waals surface area contributed by atoms with Crippen molar-refractivity contribution in [2.45, 2.75) is 17.6 Å². The molecule has 1 N–H and O–H groups in total. The average molecular weight is 469 g/mol. The summed E-state index contributed by atoms with van der Waals surface area (Å²) < 4.78 is 6.47. The summed E-state index contributed by atoms with van der Waals surface area (Å²) in [5, 5.41) is 8.88. The van der Waals surface area contributed by atoms with Crippen molar-refractivity contribution >= 4 is 35.1 Å². The van der Waals surface area contributed by atoms with Gasteiger partial charge in [-0.2, -0.15) is 5.10 Å². The molecule has 0 radical (unpaired) electrons. The number of carbonyl (C=O) groups is 1. The summed E-state index contributed by atoms with van der Waals surface area (Å²) in [7, 11) is 4.01. The number of anilines is 1. The number of hydrogen-bond acceptors (Lipinski definition) is 6. The molecule has 34 heavy (non-hydrogen) atoms. The average Bonchev–Trinajstić information content (AvgIpc) is 3.43. The number of ether oxygens (including phenoxy) is 1. The molecule has 6 nitrogen and oxygen atoms in total. The van der Waals surface area contributed by atoms with Crippen molar-refractivity contribution in [3.8, 4) is 5.75 Å². The van der Waals surface area contributed by atoms with E-state index in [2.05, 4.69) is 23.5 Å². The summed E-state index contributed by atoms with van der Waals surface area (Å²) in [6, 6.07) is 26.3. The molecule has 3 aromatic carbocycles. The summed E-state index contributed by atoms with van der Waals surface area (Å²) in [4.78, 5) is 15.8. The molecule has 1 amide bonds. The Morgan fingerprint density at radius 3 is 2.56 bits per heavy atom. The van der Waals surface area contributed by atoms with Gasteiger partial charge in [-0.3, -0.25) is 10.1 Å². The Kier molecular flexibility index (Phi) is 4.88. The van der Waals surface area contributed by atoms with Crippen LogP contribution in [0.4, 0.5) is 5.69 Å². The van der Waals surface area contributed by atoms with Crippen LogP contribution in [-0.2, 0) is 4.79 Å². The number of hydrogen-bond donors (Lipinski definition) is 1. The van der Waals surface area contributed by atoms with Gasteiger partial charge in [0.05, 0.1) is 16.7 Å². The van der Waals surface area contributed by atoms with Gasteiger partial charge in [-0.05, 0) is 47.2 Å². The molecule has 170 valence electrons. The van der Waals surface area contributed by atoms with E-state index in [1.165, 1.54) is 11.8 Å². The number of benzene rings is 3. The predicted octanol–water partition coefficient (Wildman–Crippen LogP) is 4.81. The fourth-order valence-corrected chi connectivity index (χ4v) is 5.74. The van der Waals surface area contributed by atoms with Crippen LogP contribution < -0.4 is 15.0 Å². The maximum absolute atomic E-state index is 13.1. The van der Waals surface area contributed by atoms with Gasteiger partial charge < -0.3 is 9.64 Å². The van der Waals surface area contributed by atoms with E-state index < -0.39 is 5.18 Å². The monoisotopic (exact) mass is 468 g/mol. The van der Waals surface area contributed by atoms with E-state index >= 15 is 0 Å². The van der Waals surface area contributed by atoms with Crippen LogP contribution in [0.5, 0.6) is 5.75 Å². The van der Waals surface area contributed by atoms with Crippen molar-refractivity contribution in [2.24, 2.45) is 5.10 Å². The van der Waals surface area contributed by atoms with Crippen LogP contribution in [0.1, 0.15) is 29.2 Å². The molecule has 0 aliphatic carbocycles. The molecular weight excluding hydrogens is 444 g/mol. The van der Waals surface area contributed by atoms with Gasteiger partial charge in [0.15, 0.2) is 0 Å². The van der Waals surface area contributed by atoms with Crippen LogP contribution in [0.15, 0.2) is 88.9 Å². The number of carbonyl (C=O) groups excluding carboxylic acids is 1. The molecule has 3 heterocycles. The van der Waals surface area contributed by atoms with E-state index in [-0.39, 0.29) is 11.9 Å². The summed E-state index contributed by atoms with van der Waals surface area (Å²) in [6.45, 7) is 0. The predicted molar refractivity (Wildman–Crippen MR) is 136 cm³/mol. The third-order valence-corrected chi connectivity index (χ3v) is 7.47. The Labute approximate surface area is 202 Å². The Morgan fingerprint density at radius 2 is 1.79 bits per heavy atom. The number of rotatable bonds is 3. The first-order chi connectivity index (χ1) is 16.5. The second-order valence-corrected chi connectivity index (χ2v) is 9.95. The summed E-state index contributed by atoms with van der Waals surface area (Å²) in [6.07, 6.45) is 2.65. The van der Waals surface area contributed by atoms with Crippen molar-refractivity contribution < 1.29 is 9.53 Å². The quantitative estimate of drug-likeness (QED) is 0.559. The lowest BCUT2D eigenvalue weighted by molar-refractivity contribution is -0.127. The molecule has 6 rings (SSSR count). The van der Waals surface area contributed by atoms with E-state index in [0.29, 0.717) is 4.91 Å². The largest absolute Gasteiger partial charge is 0.439 e. The Morgan fingerprint density at radius 1 is 1.06 bits per heavy atom. The Bertz CT molecular complexity index is 1320. The highest BCUT2D eigenvalue weighted by Crippen LogP contribution is 2.53.